The normalized spacial score (nSPS) is 16.9. The molecule has 30 heavy (non-hydrogen) atoms. The van der Waals surface area contributed by atoms with Gasteiger partial charge < -0.3 is 24.6 Å². The average Bonchev–Trinajstić information content (AvgIpc) is 2.62. The Bertz CT molecular complexity index is 752. The van der Waals surface area contributed by atoms with Crippen LogP contribution < -0.4 is 10.1 Å². The molecule has 3 amide bonds. The zero-order valence-corrected chi connectivity index (χ0v) is 18.2. The first-order valence-corrected chi connectivity index (χ1v) is 10.0. The van der Waals surface area contributed by atoms with E-state index in [0.29, 0.717) is 25.2 Å². The van der Waals surface area contributed by atoms with Crippen LogP contribution in [0.4, 0.5) is 24.1 Å². The lowest BCUT2D eigenvalue weighted by molar-refractivity contribution is -0.0494. The average molecular weight is 427 g/mol. The van der Waals surface area contributed by atoms with E-state index in [1.165, 1.54) is 11.0 Å². The number of benzene rings is 1. The van der Waals surface area contributed by atoms with Crippen molar-refractivity contribution in [2.75, 3.05) is 32.0 Å². The SMILES string of the molecule is Cc1cccc(OC(F)F)c1NC(=O)N1CCCC(CN(C)C(=O)OC(C)(C)C)C1. The molecule has 1 aliphatic rings. The number of rotatable bonds is 5. The molecule has 1 fully saturated rings. The number of anilines is 1. The van der Waals surface area contributed by atoms with Crippen LogP contribution in [0.2, 0.25) is 0 Å². The Labute approximate surface area is 176 Å². The van der Waals surface area contributed by atoms with Gasteiger partial charge in [-0.3, -0.25) is 0 Å². The fourth-order valence-electron chi connectivity index (χ4n) is 3.38. The monoisotopic (exact) mass is 427 g/mol. The molecule has 1 aromatic carbocycles. The van der Waals surface area contributed by atoms with Crippen LogP contribution in [-0.2, 0) is 4.74 Å². The second kappa shape index (κ2) is 9.95. The molecule has 2 rings (SSSR count). The third-order valence-corrected chi connectivity index (χ3v) is 4.73. The number of alkyl halides is 2. The number of para-hydroxylation sites is 1. The summed E-state index contributed by atoms with van der Waals surface area (Å²) in [5, 5.41) is 2.71. The molecule has 0 bridgehead atoms. The maximum atomic E-state index is 12.8. The maximum absolute atomic E-state index is 12.8. The standard InChI is InChI=1S/C21H31F2N3O4/c1-14-8-6-10-16(29-18(22)23)17(14)24-19(27)26-11-7-9-15(13-26)12-25(5)20(28)30-21(2,3)4/h6,8,10,15,18H,7,9,11-13H2,1-5H3,(H,24,27). The molecule has 1 aromatic rings. The molecule has 1 N–H and O–H groups in total. The zero-order chi connectivity index (χ0) is 22.5. The van der Waals surface area contributed by atoms with Crippen molar-refractivity contribution in [2.45, 2.75) is 52.7 Å². The van der Waals surface area contributed by atoms with Gasteiger partial charge in [-0.15, -0.1) is 0 Å². The molecule has 0 spiro atoms. The highest BCUT2D eigenvalue weighted by Gasteiger charge is 2.28. The summed E-state index contributed by atoms with van der Waals surface area (Å²) in [6.45, 7) is 5.62. The highest BCUT2D eigenvalue weighted by atomic mass is 19.3. The number of hydrogen-bond donors (Lipinski definition) is 1. The molecule has 0 radical (unpaired) electrons. The van der Waals surface area contributed by atoms with E-state index in [0.717, 1.165) is 12.8 Å². The highest BCUT2D eigenvalue weighted by Crippen LogP contribution is 2.30. The molecule has 1 aliphatic heterocycles. The number of ether oxygens (including phenoxy) is 2. The molecule has 168 valence electrons. The molecular formula is C21H31F2N3O4. The first-order valence-electron chi connectivity index (χ1n) is 10.0. The summed E-state index contributed by atoms with van der Waals surface area (Å²) in [6.07, 6.45) is 1.26. The molecule has 1 heterocycles. The second-order valence-corrected chi connectivity index (χ2v) is 8.57. The molecule has 7 nitrogen and oxygen atoms in total. The Hall–Kier alpha value is -2.58. The van der Waals surface area contributed by atoms with E-state index in [9.17, 15) is 18.4 Å². The van der Waals surface area contributed by atoms with Gasteiger partial charge in [0.1, 0.15) is 11.4 Å². The number of nitrogens with one attached hydrogen (secondary N) is 1. The fraction of sp³-hybridized carbons (Fsp3) is 0.619. The van der Waals surface area contributed by atoms with Crippen LogP contribution in [0, 0.1) is 12.8 Å². The van der Waals surface area contributed by atoms with Gasteiger partial charge in [0.2, 0.25) is 0 Å². The number of aryl methyl sites for hydroxylation is 1. The number of carbonyl (C=O) groups excluding carboxylic acids is 2. The predicted octanol–water partition coefficient (Wildman–Crippen LogP) is 4.71. The fourth-order valence-corrected chi connectivity index (χ4v) is 3.38. The van der Waals surface area contributed by atoms with Crippen molar-refractivity contribution in [1.29, 1.82) is 0 Å². The summed E-state index contributed by atoms with van der Waals surface area (Å²) in [6, 6.07) is 4.31. The summed E-state index contributed by atoms with van der Waals surface area (Å²) >= 11 is 0. The number of nitrogens with zero attached hydrogens (tertiary/aromatic N) is 2. The van der Waals surface area contributed by atoms with E-state index in [2.05, 4.69) is 10.1 Å². The molecule has 9 heteroatoms. The summed E-state index contributed by atoms with van der Waals surface area (Å²) < 4.78 is 35.3. The van der Waals surface area contributed by atoms with Gasteiger partial charge in [-0.2, -0.15) is 8.78 Å². The number of hydrogen-bond acceptors (Lipinski definition) is 4. The van der Waals surface area contributed by atoms with Crippen LogP contribution in [0.1, 0.15) is 39.2 Å². The lowest BCUT2D eigenvalue weighted by Gasteiger charge is -2.35. The Kier molecular flexibility index (Phi) is 7.86. The third-order valence-electron chi connectivity index (χ3n) is 4.73. The van der Waals surface area contributed by atoms with Gasteiger partial charge in [0.05, 0.1) is 5.69 Å². The largest absolute Gasteiger partial charge is 0.444 e. The molecular weight excluding hydrogens is 396 g/mol. The van der Waals surface area contributed by atoms with Crippen molar-refractivity contribution in [3.05, 3.63) is 23.8 Å². The first-order chi connectivity index (χ1) is 14.0. The quantitative estimate of drug-likeness (QED) is 0.739. The van der Waals surface area contributed by atoms with E-state index >= 15 is 0 Å². The van der Waals surface area contributed by atoms with Crippen molar-refractivity contribution in [3.63, 3.8) is 0 Å². The lowest BCUT2D eigenvalue weighted by Crippen LogP contribution is -2.46. The first kappa shape index (κ1) is 23.7. The molecule has 1 atom stereocenters. The summed E-state index contributed by atoms with van der Waals surface area (Å²) in [7, 11) is 1.67. The van der Waals surface area contributed by atoms with Crippen molar-refractivity contribution in [1.82, 2.24) is 9.80 Å². The minimum absolute atomic E-state index is 0.0726. The van der Waals surface area contributed by atoms with Gasteiger partial charge in [-0.05, 0) is 58.1 Å². The van der Waals surface area contributed by atoms with Crippen molar-refractivity contribution in [2.24, 2.45) is 5.92 Å². The smallest absolute Gasteiger partial charge is 0.410 e. The molecule has 1 saturated heterocycles. The van der Waals surface area contributed by atoms with Crippen molar-refractivity contribution < 1.29 is 27.8 Å². The number of urea groups is 1. The van der Waals surface area contributed by atoms with E-state index in [-0.39, 0.29) is 23.4 Å². The van der Waals surface area contributed by atoms with Crippen LogP contribution >= 0.6 is 0 Å². The van der Waals surface area contributed by atoms with E-state index in [1.807, 2.05) is 20.8 Å². The number of likely N-dealkylation sites (tertiary alicyclic amines) is 1. The van der Waals surface area contributed by atoms with Gasteiger partial charge in [-0.1, -0.05) is 12.1 Å². The van der Waals surface area contributed by atoms with E-state index in [4.69, 9.17) is 4.74 Å². The molecule has 1 unspecified atom stereocenters. The zero-order valence-electron chi connectivity index (χ0n) is 18.2. The molecule has 0 saturated carbocycles. The maximum Gasteiger partial charge on any atom is 0.410 e. The molecule has 0 aromatic heterocycles. The Morgan fingerprint density at radius 3 is 2.67 bits per heavy atom. The minimum Gasteiger partial charge on any atom is -0.444 e. The van der Waals surface area contributed by atoms with Crippen LogP contribution in [0.15, 0.2) is 18.2 Å². The molecule has 0 aliphatic carbocycles. The third kappa shape index (κ3) is 7.03. The summed E-state index contributed by atoms with van der Waals surface area (Å²) in [5.41, 5.74) is 0.283. The van der Waals surface area contributed by atoms with Crippen molar-refractivity contribution in [3.8, 4) is 5.75 Å². The number of amides is 3. The van der Waals surface area contributed by atoms with E-state index < -0.39 is 18.3 Å². The van der Waals surface area contributed by atoms with Crippen LogP contribution in [0.5, 0.6) is 5.75 Å². The van der Waals surface area contributed by atoms with Crippen LogP contribution in [0.25, 0.3) is 0 Å². The van der Waals surface area contributed by atoms with Gasteiger partial charge >= 0.3 is 18.7 Å². The summed E-state index contributed by atoms with van der Waals surface area (Å²) in [5.74, 6) is 0.0206. The van der Waals surface area contributed by atoms with E-state index in [1.54, 1.807) is 31.0 Å². The summed E-state index contributed by atoms with van der Waals surface area (Å²) in [4.78, 5) is 28.1. The van der Waals surface area contributed by atoms with Crippen LogP contribution in [-0.4, -0.2) is 60.8 Å². The number of carbonyl (C=O) groups is 2. The predicted molar refractivity (Wildman–Crippen MR) is 110 cm³/mol. The van der Waals surface area contributed by atoms with Gasteiger partial charge in [0, 0.05) is 26.7 Å². The second-order valence-electron chi connectivity index (χ2n) is 8.57. The highest BCUT2D eigenvalue weighted by molar-refractivity contribution is 5.92. The Balaban J connectivity index is 1.99. The van der Waals surface area contributed by atoms with Crippen LogP contribution in [0.3, 0.4) is 0 Å². The van der Waals surface area contributed by atoms with Gasteiger partial charge in [0.25, 0.3) is 0 Å². The topological polar surface area (TPSA) is 71.1 Å². The Morgan fingerprint density at radius 1 is 1.33 bits per heavy atom. The van der Waals surface area contributed by atoms with Gasteiger partial charge in [-0.25, -0.2) is 9.59 Å². The van der Waals surface area contributed by atoms with Gasteiger partial charge in [0.15, 0.2) is 0 Å². The Morgan fingerprint density at radius 2 is 2.03 bits per heavy atom. The van der Waals surface area contributed by atoms with Crippen molar-refractivity contribution >= 4 is 17.8 Å². The lowest BCUT2D eigenvalue weighted by atomic mass is 9.98. The number of piperidine rings is 1. The minimum atomic E-state index is -2.98. The number of halogens is 2.